The molecule has 3 saturated heterocycles. The summed E-state index contributed by atoms with van der Waals surface area (Å²) >= 11 is 5.61. The van der Waals surface area contributed by atoms with Gasteiger partial charge in [-0.05, 0) is 98.6 Å². The standard InChI is InChI=1S/C48H65NO13S/c1-5-6-7-8-9-10-11-12-13-14-15-16-17-18-19-20-21-49-48(63)62-44-36(53-3)22-30(23-37(44)54-4)39-31-24-34-35(58-28-57-34)25-32(31)43(33-26-56-46(52)40(33)39)61-47-42(51)41(50)45-38(60-47)27-55-29(2)59-45/h9-10,12-13,22-25,29,33,38-43,45,47,50-51H,5-8,11,14-21,26-28H2,1-4H3,(H,49,63)/b10-9-,13-12-/t29-,33+,38-,39-,40+,41-,42-,43-,45?,47+/m1/s1. The van der Waals surface area contributed by atoms with E-state index in [0.29, 0.717) is 46.4 Å². The number of cyclic esters (lactones) is 1. The Balaban J connectivity index is 0.984. The molecule has 3 fully saturated rings. The average Bonchev–Trinajstić information content (AvgIpc) is 3.92. The van der Waals surface area contributed by atoms with E-state index in [1.165, 1.54) is 65.6 Å². The molecule has 63 heavy (non-hydrogen) atoms. The topological polar surface area (TPSA) is 162 Å². The zero-order valence-electron chi connectivity index (χ0n) is 37.0. The zero-order chi connectivity index (χ0) is 44.3. The fraction of sp³-hybridized carbons (Fsp3) is 0.625. The second kappa shape index (κ2) is 22.8. The van der Waals surface area contributed by atoms with Crippen LogP contribution in [0, 0.1) is 11.8 Å². The lowest BCUT2D eigenvalue weighted by molar-refractivity contribution is -0.364. The van der Waals surface area contributed by atoms with Crippen molar-refractivity contribution in [3.05, 3.63) is 65.3 Å². The van der Waals surface area contributed by atoms with Crippen molar-refractivity contribution in [3.8, 4) is 28.7 Å². The first-order valence-electron chi connectivity index (χ1n) is 22.8. The summed E-state index contributed by atoms with van der Waals surface area (Å²) in [6.45, 7) is 4.84. The van der Waals surface area contributed by atoms with E-state index in [1.807, 2.05) is 24.3 Å². The van der Waals surface area contributed by atoms with Crippen LogP contribution in [0.5, 0.6) is 28.7 Å². The van der Waals surface area contributed by atoms with Gasteiger partial charge < -0.3 is 62.9 Å². The van der Waals surface area contributed by atoms with Crippen molar-refractivity contribution in [3.63, 3.8) is 0 Å². The highest BCUT2D eigenvalue weighted by Gasteiger charge is 2.56. The molecule has 0 bridgehead atoms. The lowest BCUT2D eigenvalue weighted by atomic mass is 9.66. The van der Waals surface area contributed by atoms with Crippen LogP contribution in [0.25, 0.3) is 0 Å². The molecular formula is C48H65NO13S. The van der Waals surface area contributed by atoms with Gasteiger partial charge in [0.2, 0.25) is 12.5 Å². The number of unbranched alkanes of at least 4 members (excludes halogenated alkanes) is 9. The number of aliphatic hydroxyl groups is 2. The van der Waals surface area contributed by atoms with Crippen LogP contribution >= 0.6 is 12.2 Å². The number of fused-ring (bicyclic) bond motifs is 4. The summed E-state index contributed by atoms with van der Waals surface area (Å²) in [6, 6.07) is 7.33. The van der Waals surface area contributed by atoms with Crippen LogP contribution in [0.2, 0.25) is 0 Å². The van der Waals surface area contributed by atoms with Crippen molar-refractivity contribution in [1.82, 2.24) is 5.32 Å². The van der Waals surface area contributed by atoms with Crippen molar-refractivity contribution >= 4 is 23.4 Å². The highest BCUT2D eigenvalue weighted by Crippen LogP contribution is 2.57. The summed E-state index contributed by atoms with van der Waals surface area (Å²) in [7, 11) is 3.07. The number of rotatable bonds is 21. The van der Waals surface area contributed by atoms with Gasteiger partial charge in [0, 0.05) is 18.4 Å². The summed E-state index contributed by atoms with van der Waals surface area (Å²) in [6.07, 6.45) is 16.4. The summed E-state index contributed by atoms with van der Waals surface area (Å²) in [5.41, 5.74) is 2.10. The van der Waals surface area contributed by atoms with E-state index in [9.17, 15) is 15.0 Å². The Kier molecular flexibility index (Phi) is 17.0. The fourth-order valence-electron chi connectivity index (χ4n) is 9.25. The van der Waals surface area contributed by atoms with E-state index in [-0.39, 0.29) is 25.2 Å². The number of ether oxygens (including phenoxy) is 10. The van der Waals surface area contributed by atoms with Crippen LogP contribution < -0.4 is 29.0 Å². The number of allylic oxidation sites excluding steroid dienone is 4. The molecule has 7 rings (SSSR count). The number of hydrogen-bond acceptors (Lipinski definition) is 14. The normalized spacial score (nSPS) is 28.4. The molecule has 0 aromatic heterocycles. The van der Waals surface area contributed by atoms with Gasteiger partial charge >= 0.3 is 5.97 Å². The fourth-order valence-corrected chi connectivity index (χ4v) is 9.44. The molecule has 0 amide bonds. The van der Waals surface area contributed by atoms with Gasteiger partial charge in [-0.3, -0.25) is 4.79 Å². The van der Waals surface area contributed by atoms with E-state index in [0.717, 1.165) is 31.2 Å². The first-order chi connectivity index (χ1) is 30.7. The molecule has 346 valence electrons. The SMILES string of the molecule is CCCCC/C=C\C/C=C\CCCCCCCCNC(=S)Oc1c(OC)cc([C@@H]2c3cc4c(cc3[C@@H](O[C@@H]3O[C@@H]5CO[C@@H](C)OC5[C@H](O)[C@H]3O)[C@H]3COC(=O)[C@H]23)OCO4)cc1OC. The van der Waals surface area contributed by atoms with Crippen LogP contribution in [0.3, 0.4) is 0 Å². The van der Waals surface area contributed by atoms with Crippen LogP contribution in [0.15, 0.2) is 48.6 Å². The maximum atomic E-state index is 13.8. The predicted molar refractivity (Wildman–Crippen MR) is 237 cm³/mol. The number of nitrogens with one attached hydrogen (secondary N) is 1. The Labute approximate surface area is 376 Å². The smallest absolute Gasteiger partial charge is 0.310 e. The first kappa shape index (κ1) is 47.0. The van der Waals surface area contributed by atoms with E-state index in [2.05, 4.69) is 36.5 Å². The van der Waals surface area contributed by atoms with Gasteiger partial charge in [-0.2, -0.15) is 0 Å². The van der Waals surface area contributed by atoms with Gasteiger partial charge in [-0.1, -0.05) is 69.8 Å². The number of thiocarbonyl (C=S) groups is 1. The van der Waals surface area contributed by atoms with Crippen molar-refractivity contribution in [1.29, 1.82) is 0 Å². The van der Waals surface area contributed by atoms with Crippen LogP contribution in [0.4, 0.5) is 0 Å². The van der Waals surface area contributed by atoms with Crippen molar-refractivity contribution in [2.45, 2.75) is 140 Å². The van der Waals surface area contributed by atoms with E-state index in [4.69, 9.17) is 59.6 Å². The van der Waals surface area contributed by atoms with E-state index >= 15 is 0 Å². The molecule has 14 nitrogen and oxygen atoms in total. The van der Waals surface area contributed by atoms with Gasteiger partial charge in [0.05, 0.1) is 39.5 Å². The number of carbonyl (C=O) groups is 1. The molecular weight excluding hydrogens is 831 g/mol. The largest absolute Gasteiger partial charge is 0.493 e. The molecule has 15 heteroatoms. The minimum Gasteiger partial charge on any atom is -0.493 e. The minimum atomic E-state index is -1.45. The monoisotopic (exact) mass is 895 g/mol. The number of methoxy groups -OCH3 is 2. The molecule has 0 radical (unpaired) electrons. The highest BCUT2D eigenvalue weighted by molar-refractivity contribution is 7.80. The van der Waals surface area contributed by atoms with Gasteiger partial charge in [0.1, 0.15) is 24.4 Å². The summed E-state index contributed by atoms with van der Waals surface area (Å²) in [5.74, 6) is -0.206. The molecule has 3 N–H and O–H groups in total. The second-order valence-electron chi connectivity index (χ2n) is 16.9. The predicted octanol–water partition coefficient (Wildman–Crippen LogP) is 7.70. The Morgan fingerprint density at radius 2 is 1.49 bits per heavy atom. The molecule has 10 atom stereocenters. The summed E-state index contributed by atoms with van der Waals surface area (Å²) in [4.78, 5) is 13.8. The third-order valence-corrected chi connectivity index (χ3v) is 12.8. The van der Waals surface area contributed by atoms with Gasteiger partial charge in [0.15, 0.2) is 35.6 Å². The Morgan fingerprint density at radius 1 is 0.825 bits per heavy atom. The molecule has 5 aliphatic rings. The van der Waals surface area contributed by atoms with Crippen molar-refractivity contribution < 1.29 is 62.4 Å². The Bertz CT molecular complexity index is 1880. The first-order valence-corrected chi connectivity index (χ1v) is 23.2. The lowest BCUT2D eigenvalue weighted by Gasteiger charge is -2.47. The molecule has 0 saturated carbocycles. The molecule has 4 aliphatic heterocycles. The number of aliphatic hydroxyl groups excluding tert-OH is 2. The molecule has 1 unspecified atom stereocenters. The average molecular weight is 896 g/mol. The molecule has 4 heterocycles. The third kappa shape index (κ3) is 11.3. The minimum absolute atomic E-state index is 0.0268. The Morgan fingerprint density at radius 3 is 2.19 bits per heavy atom. The van der Waals surface area contributed by atoms with Gasteiger partial charge in [-0.15, -0.1) is 0 Å². The second-order valence-corrected chi connectivity index (χ2v) is 17.2. The van der Waals surface area contributed by atoms with Crippen LogP contribution in [0.1, 0.15) is 120 Å². The zero-order valence-corrected chi connectivity index (χ0v) is 37.8. The lowest BCUT2D eigenvalue weighted by Crippen LogP contribution is -2.63. The molecule has 1 aliphatic carbocycles. The van der Waals surface area contributed by atoms with E-state index < -0.39 is 66.8 Å². The van der Waals surface area contributed by atoms with E-state index in [1.54, 1.807) is 6.92 Å². The molecule has 2 aromatic carbocycles. The molecule has 2 aromatic rings. The van der Waals surface area contributed by atoms with Crippen LogP contribution in [-0.2, 0) is 28.5 Å². The number of benzene rings is 2. The third-order valence-electron chi connectivity index (χ3n) is 12.6. The maximum absolute atomic E-state index is 13.8. The number of carbonyl (C=O) groups excluding carboxylic acids is 1. The Hall–Kier alpha value is -3.96. The number of hydrogen-bond donors (Lipinski definition) is 3. The van der Waals surface area contributed by atoms with Crippen molar-refractivity contribution in [2.24, 2.45) is 11.8 Å². The van der Waals surface area contributed by atoms with Crippen LogP contribution in [-0.4, -0.2) is 99.1 Å². The highest BCUT2D eigenvalue weighted by atomic mass is 32.1. The quantitative estimate of drug-likeness (QED) is 0.0484. The maximum Gasteiger partial charge on any atom is 0.310 e. The number of esters is 1. The van der Waals surface area contributed by atoms with Gasteiger partial charge in [0.25, 0.3) is 5.17 Å². The summed E-state index contributed by atoms with van der Waals surface area (Å²) in [5, 5.41) is 25.8. The summed E-state index contributed by atoms with van der Waals surface area (Å²) < 4.78 is 59.4. The molecule has 0 spiro atoms. The van der Waals surface area contributed by atoms with Crippen molar-refractivity contribution in [2.75, 3.05) is 40.8 Å². The van der Waals surface area contributed by atoms with Gasteiger partial charge in [-0.25, -0.2) is 0 Å².